The summed E-state index contributed by atoms with van der Waals surface area (Å²) in [7, 11) is -3.05. The summed E-state index contributed by atoms with van der Waals surface area (Å²) in [5.74, 6) is 0.548. The third-order valence-corrected chi connectivity index (χ3v) is 6.67. The molecule has 7 heteroatoms. The van der Waals surface area contributed by atoms with E-state index in [1.54, 1.807) is 16.8 Å². The van der Waals surface area contributed by atoms with Crippen molar-refractivity contribution < 1.29 is 13.2 Å². The highest BCUT2D eigenvalue weighted by Crippen LogP contribution is 2.31. The topological polar surface area (TPSA) is 81.1 Å². The fraction of sp³-hybridized carbons (Fsp3) is 0.500. The average molecular weight is 390 g/mol. The molecule has 1 aromatic heterocycles. The minimum atomic E-state index is -3.05. The van der Waals surface area contributed by atoms with Gasteiger partial charge >= 0.3 is 0 Å². The van der Waals surface area contributed by atoms with E-state index < -0.39 is 9.84 Å². The smallest absolute Gasteiger partial charge is 0.256 e. The van der Waals surface area contributed by atoms with Gasteiger partial charge < -0.3 is 5.32 Å². The van der Waals surface area contributed by atoms with Crippen LogP contribution < -0.4 is 5.32 Å². The van der Waals surface area contributed by atoms with Crippen LogP contribution in [-0.4, -0.2) is 35.6 Å². The van der Waals surface area contributed by atoms with Crippen LogP contribution in [0.2, 0.25) is 0 Å². The van der Waals surface area contributed by atoms with Crippen molar-refractivity contribution in [1.29, 1.82) is 0 Å². The van der Waals surface area contributed by atoms with Gasteiger partial charge in [-0.25, -0.2) is 13.1 Å². The van der Waals surface area contributed by atoms with Gasteiger partial charge in [0, 0.05) is 17.0 Å². The predicted molar refractivity (Wildman–Crippen MR) is 107 cm³/mol. The summed E-state index contributed by atoms with van der Waals surface area (Å²) in [5, 5.41) is 7.57. The fourth-order valence-electron chi connectivity index (χ4n) is 3.18. The van der Waals surface area contributed by atoms with Crippen molar-refractivity contribution in [3.63, 3.8) is 0 Å². The first-order valence-corrected chi connectivity index (χ1v) is 11.1. The lowest BCUT2D eigenvalue weighted by Crippen LogP contribution is -2.20. The molecule has 1 saturated heterocycles. The van der Waals surface area contributed by atoms with Crippen LogP contribution in [0.3, 0.4) is 0 Å². The first kappa shape index (κ1) is 19.6. The Morgan fingerprint density at radius 2 is 1.93 bits per heavy atom. The summed E-state index contributed by atoms with van der Waals surface area (Å²) < 4.78 is 25.5. The summed E-state index contributed by atoms with van der Waals surface area (Å²) in [5.41, 5.74) is 2.35. The standard InChI is InChI=1S/C20H27N3O3S/c1-5-14-6-8-15(9-7-14)19(24)21-18-12-17(20(2,3)4)22-23(18)16-10-11-27(25,26)13-16/h6-9,12,16H,5,10-11,13H2,1-4H3,(H,21,24). The lowest BCUT2D eigenvalue weighted by Gasteiger charge is -2.15. The Bertz CT molecular complexity index is 938. The average Bonchev–Trinajstić information content (AvgIpc) is 3.17. The second-order valence-electron chi connectivity index (χ2n) is 8.17. The second kappa shape index (κ2) is 7.11. The molecule has 1 aliphatic rings. The zero-order valence-corrected chi connectivity index (χ0v) is 17.1. The van der Waals surface area contributed by atoms with E-state index >= 15 is 0 Å². The molecule has 0 spiro atoms. The van der Waals surface area contributed by atoms with Gasteiger partial charge in [-0.15, -0.1) is 0 Å². The van der Waals surface area contributed by atoms with E-state index in [2.05, 4.69) is 17.3 Å². The quantitative estimate of drug-likeness (QED) is 0.869. The molecule has 1 fully saturated rings. The number of benzene rings is 1. The predicted octanol–water partition coefficient (Wildman–Crippen LogP) is 3.35. The number of nitrogens with one attached hydrogen (secondary N) is 1. The van der Waals surface area contributed by atoms with E-state index in [0.29, 0.717) is 17.8 Å². The Morgan fingerprint density at radius 3 is 2.44 bits per heavy atom. The van der Waals surface area contributed by atoms with Crippen LogP contribution in [0.4, 0.5) is 5.82 Å². The molecule has 3 rings (SSSR count). The highest BCUT2D eigenvalue weighted by atomic mass is 32.2. The zero-order chi connectivity index (χ0) is 19.8. The molecule has 146 valence electrons. The van der Waals surface area contributed by atoms with Crippen molar-refractivity contribution in [2.45, 2.75) is 52.0 Å². The van der Waals surface area contributed by atoms with E-state index in [1.165, 1.54) is 5.56 Å². The van der Waals surface area contributed by atoms with Gasteiger partial charge in [-0.1, -0.05) is 39.8 Å². The molecular formula is C20H27N3O3S. The number of carbonyl (C=O) groups is 1. The molecule has 1 aromatic carbocycles. The van der Waals surface area contributed by atoms with Gasteiger partial charge in [0.2, 0.25) is 0 Å². The number of anilines is 1. The van der Waals surface area contributed by atoms with Crippen molar-refractivity contribution >= 4 is 21.6 Å². The van der Waals surface area contributed by atoms with Gasteiger partial charge in [-0.2, -0.15) is 5.10 Å². The fourth-order valence-corrected chi connectivity index (χ4v) is 4.87. The van der Waals surface area contributed by atoms with Crippen molar-refractivity contribution in [2.75, 3.05) is 16.8 Å². The molecule has 0 saturated carbocycles. The Kier molecular flexibility index (Phi) is 5.16. The summed E-state index contributed by atoms with van der Waals surface area (Å²) in [6.45, 7) is 8.19. The maximum atomic E-state index is 12.7. The van der Waals surface area contributed by atoms with Crippen molar-refractivity contribution in [3.05, 3.63) is 47.2 Å². The number of carbonyl (C=O) groups excluding carboxylic acids is 1. The van der Waals surface area contributed by atoms with Gasteiger partial charge in [0.25, 0.3) is 5.91 Å². The largest absolute Gasteiger partial charge is 0.307 e. The van der Waals surface area contributed by atoms with E-state index in [4.69, 9.17) is 0 Å². The molecule has 6 nitrogen and oxygen atoms in total. The lowest BCUT2D eigenvalue weighted by molar-refractivity contribution is 0.102. The summed E-state index contributed by atoms with van der Waals surface area (Å²) in [6.07, 6.45) is 1.43. The Hall–Kier alpha value is -2.15. The van der Waals surface area contributed by atoms with E-state index in [-0.39, 0.29) is 28.9 Å². The molecule has 1 amide bonds. The lowest BCUT2D eigenvalue weighted by atomic mass is 9.92. The normalized spacial score (nSPS) is 19.2. The number of nitrogens with zero attached hydrogens (tertiary/aromatic N) is 2. The number of rotatable bonds is 4. The van der Waals surface area contributed by atoms with Gasteiger partial charge in [0.15, 0.2) is 9.84 Å². The van der Waals surface area contributed by atoms with Gasteiger partial charge in [0.1, 0.15) is 5.82 Å². The first-order valence-electron chi connectivity index (χ1n) is 9.30. The Labute approximate surface area is 160 Å². The third-order valence-electron chi connectivity index (χ3n) is 4.92. The van der Waals surface area contributed by atoms with Gasteiger partial charge in [-0.3, -0.25) is 4.79 Å². The minimum Gasteiger partial charge on any atom is -0.307 e. The Morgan fingerprint density at radius 1 is 1.26 bits per heavy atom. The van der Waals surface area contributed by atoms with Crippen LogP contribution in [0.5, 0.6) is 0 Å². The summed E-state index contributed by atoms with van der Waals surface area (Å²) in [4.78, 5) is 12.7. The van der Waals surface area contributed by atoms with Crippen molar-refractivity contribution in [3.8, 4) is 0 Å². The number of hydrogen-bond donors (Lipinski definition) is 1. The molecule has 0 bridgehead atoms. The maximum Gasteiger partial charge on any atom is 0.256 e. The number of hydrogen-bond acceptors (Lipinski definition) is 4. The second-order valence-corrected chi connectivity index (χ2v) is 10.4. The molecule has 1 N–H and O–H groups in total. The minimum absolute atomic E-state index is 0.0618. The Balaban J connectivity index is 1.90. The highest BCUT2D eigenvalue weighted by Gasteiger charge is 2.33. The van der Waals surface area contributed by atoms with Crippen molar-refractivity contribution in [2.24, 2.45) is 0 Å². The summed E-state index contributed by atoms with van der Waals surface area (Å²) >= 11 is 0. The monoisotopic (exact) mass is 389 g/mol. The number of amides is 1. The number of aryl methyl sites for hydroxylation is 1. The molecule has 2 aromatic rings. The van der Waals surface area contributed by atoms with E-state index in [1.807, 2.05) is 39.0 Å². The van der Waals surface area contributed by atoms with Crippen LogP contribution in [0.25, 0.3) is 0 Å². The van der Waals surface area contributed by atoms with Gasteiger partial charge in [-0.05, 0) is 30.5 Å². The SMILES string of the molecule is CCc1ccc(C(=O)Nc2cc(C(C)(C)C)nn2C2CCS(=O)(=O)C2)cc1. The molecule has 1 aliphatic heterocycles. The molecule has 1 atom stereocenters. The van der Waals surface area contributed by atoms with Crippen LogP contribution in [0.15, 0.2) is 30.3 Å². The molecule has 0 radical (unpaired) electrons. The number of sulfone groups is 1. The van der Waals surface area contributed by atoms with Crippen LogP contribution in [0.1, 0.15) is 61.8 Å². The molecular weight excluding hydrogens is 362 g/mol. The van der Waals surface area contributed by atoms with Crippen molar-refractivity contribution in [1.82, 2.24) is 9.78 Å². The van der Waals surface area contributed by atoms with E-state index in [0.717, 1.165) is 12.1 Å². The summed E-state index contributed by atoms with van der Waals surface area (Å²) in [6, 6.07) is 9.10. The first-order chi connectivity index (χ1) is 12.6. The van der Waals surface area contributed by atoms with E-state index in [9.17, 15) is 13.2 Å². The molecule has 2 heterocycles. The van der Waals surface area contributed by atoms with Gasteiger partial charge in [0.05, 0.1) is 23.2 Å². The molecule has 27 heavy (non-hydrogen) atoms. The highest BCUT2D eigenvalue weighted by molar-refractivity contribution is 7.91. The van der Waals surface area contributed by atoms with Crippen LogP contribution >= 0.6 is 0 Å². The van der Waals surface area contributed by atoms with Crippen LogP contribution in [0, 0.1) is 0 Å². The molecule has 0 aliphatic carbocycles. The zero-order valence-electron chi connectivity index (χ0n) is 16.3. The molecule has 1 unspecified atom stereocenters. The number of aromatic nitrogens is 2. The maximum absolute atomic E-state index is 12.7. The van der Waals surface area contributed by atoms with Crippen LogP contribution in [-0.2, 0) is 21.7 Å². The third kappa shape index (κ3) is 4.40.